The first-order valence-electron chi connectivity index (χ1n) is 5.70. The molecule has 0 saturated carbocycles. The van der Waals surface area contributed by atoms with Gasteiger partial charge < -0.3 is 10.2 Å². The Morgan fingerprint density at radius 3 is 2.94 bits per heavy atom. The molecule has 16 heavy (non-hydrogen) atoms. The third-order valence-corrected chi connectivity index (χ3v) is 4.68. The third-order valence-electron chi connectivity index (χ3n) is 3.18. The maximum Gasteiger partial charge on any atom is 0.243 e. The quantitative estimate of drug-likeness (QED) is 0.785. The van der Waals surface area contributed by atoms with Crippen LogP contribution in [0.2, 0.25) is 0 Å². The van der Waals surface area contributed by atoms with Crippen molar-refractivity contribution in [3.63, 3.8) is 0 Å². The van der Waals surface area contributed by atoms with Gasteiger partial charge in [-0.1, -0.05) is 0 Å². The number of hydrogen-bond donors (Lipinski definition) is 1. The summed E-state index contributed by atoms with van der Waals surface area (Å²) < 4.78 is 0. The molecule has 0 aliphatic carbocycles. The van der Waals surface area contributed by atoms with E-state index in [1.54, 1.807) is 16.7 Å². The van der Waals surface area contributed by atoms with Gasteiger partial charge in [-0.3, -0.25) is 9.59 Å². The lowest BCUT2D eigenvalue weighted by atomic mass is 10.2. The second-order valence-corrected chi connectivity index (χ2v) is 6.43. The Labute approximate surface area is 100 Å². The van der Waals surface area contributed by atoms with Crippen LogP contribution in [0.1, 0.15) is 33.6 Å². The van der Waals surface area contributed by atoms with E-state index in [1.165, 1.54) is 0 Å². The summed E-state index contributed by atoms with van der Waals surface area (Å²) in [5.74, 6) is 0.832. The first-order valence-corrected chi connectivity index (χ1v) is 6.69. The first kappa shape index (κ1) is 11.8. The predicted molar refractivity (Wildman–Crippen MR) is 64.0 cm³/mol. The topological polar surface area (TPSA) is 49.4 Å². The van der Waals surface area contributed by atoms with Crippen molar-refractivity contribution in [1.29, 1.82) is 0 Å². The van der Waals surface area contributed by atoms with Crippen molar-refractivity contribution in [2.75, 3.05) is 5.75 Å². The van der Waals surface area contributed by atoms with Crippen LogP contribution in [-0.2, 0) is 9.59 Å². The van der Waals surface area contributed by atoms with Crippen molar-refractivity contribution in [1.82, 2.24) is 10.2 Å². The Hall–Kier alpha value is -0.710. The molecule has 4 nitrogen and oxygen atoms in total. The van der Waals surface area contributed by atoms with E-state index in [-0.39, 0.29) is 28.8 Å². The van der Waals surface area contributed by atoms with Crippen molar-refractivity contribution in [3.05, 3.63) is 0 Å². The van der Waals surface area contributed by atoms with Gasteiger partial charge in [0.05, 0.1) is 4.87 Å². The van der Waals surface area contributed by atoms with Gasteiger partial charge in [0.25, 0.3) is 0 Å². The van der Waals surface area contributed by atoms with E-state index in [9.17, 15) is 9.59 Å². The summed E-state index contributed by atoms with van der Waals surface area (Å²) in [5, 5.41) is 2.89. The van der Waals surface area contributed by atoms with Gasteiger partial charge in [-0.05, 0) is 27.2 Å². The van der Waals surface area contributed by atoms with Crippen LogP contribution < -0.4 is 5.32 Å². The lowest BCUT2D eigenvalue weighted by molar-refractivity contribution is -0.138. The minimum Gasteiger partial charge on any atom is -0.352 e. The molecule has 0 aromatic carbocycles. The molecule has 2 aliphatic rings. The fraction of sp³-hybridized carbons (Fsp3) is 0.818. The van der Waals surface area contributed by atoms with Gasteiger partial charge in [-0.15, -0.1) is 11.8 Å². The zero-order valence-electron chi connectivity index (χ0n) is 9.95. The fourth-order valence-electron chi connectivity index (χ4n) is 2.40. The number of rotatable bonds is 2. The van der Waals surface area contributed by atoms with Gasteiger partial charge in [-0.25, -0.2) is 0 Å². The molecule has 2 atom stereocenters. The van der Waals surface area contributed by atoms with Crippen molar-refractivity contribution < 1.29 is 9.59 Å². The largest absolute Gasteiger partial charge is 0.352 e. The van der Waals surface area contributed by atoms with Crippen molar-refractivity contribution >= 4 is 23.6 Å². The van der Waals surface area contributed by atoms with E-state index < -0.39 is 0 Å². The third kappa shape index (κ3) is 1.81. The normalized spacial score (nSPS) is 33.4. The number of amides is 2. The Morgan fingerprint density at radius 1 is 1.62 bits per heavy atom. The summed E-state index contributed by atoms with van der Waals surface area (Å²) in [6.07, 6.45) is 1.44. The van der Waals surface area contributed by atoms with Crippen molar-refractivity contribution in [3.8, 4) is 0 Å². The molecule has 1 N–H and O–H groups in total. The summed E-state index contributed by atoms with van der Waals surface area (Å²) in [6, 6.07) is -0.144. The molecular formula is C11H18N2O2S. The highest BCUT2D eigenvalue weighted by Gasteiger charge is 2.52. The van der Waals surface area contributed by atoms with Gasteiger partial charge in [-0.2, -0.15) is 0 Å². The number of hydrogen-bond acceptors (Lipinski definition) is 3. The smallest absolute Gasteiger partial charge is 0.243 e. The summed E-state index contributed by atoms with van der Waals surface area (Å²) in [7, 11) is 0. The van der Waals surface area contributed by atoms with Crippen molar-refractivity contribution in [2.24, 2.45) is 0 Å². The predicted octanol–water partition coefficient (Wildman–Crippen LogP) is 0.965. The highest BCUT2D eigenvalue weighted by Crippen LogP contribution is 2.47. The average molecular weight is 242 g/mol. The van der Waals surface area contributed by atoms with Crippen LogP contribution in [0.3, 0.4) is 0 Å². The van der Waals surface area contributed by atoms with E-state index in [4.69, 9.17) is 0 Å². The molecule has 0 aromatic heterocycles. The SMILES string of the molecule is CC(C)NC(=O)[C@H]1CS[C@@]2(C)CCC(=O)N12. The molecule has 0 spiro atoms. The molecule has 2 heterocycles. The van der Waals surface area contributed by atoms with E-state index in [0.717, 1.165) is 12.2 Å². The second-order valence-electron chi connectivity index (χ2n) is 4.93. The number of fused-ring (bicyclic) bond motifs is 1. The standard InChI is InChI=1S/C11H18N2O2S/c1-7(2)12-10(15)8-6-16-11(3)5-4-9(14)13(8)11/h7-8H,4-6H2,1-3H3,(H,12,15)/t8-,11+/m1/s1. The monoisotopic (exact) mass is 242 g/mol. The van der Waals surface area contributed by atoms with Crippen LogP contribution in [0.4, 0.5) is 0 Å². The number of carbonyl (C=O) groups is 2. The van der Waals surface area contributed by atoms with E-state index in [2.05, 4.69) is 12.2 Å². The second kappa shape index (κ2) is 3.95. The van der Waals surface area contributed by atoms with Gasteiger partial charge in [0.15, 0.2) is 0 Å². The lowest BCUT2D eigenvalue weighted by Crippen LogP contribution is -2.51. The molecule has 0 aromatic rings. The Bertz CT molecular complexity index is 332. The summed E-state index contributed by atoms with van der Waals surface area (Å²) in [6.45, 7) is 5.93. The van der Waals surface area contributed by atoms with Crippen LogP contribution in [0.25, 0.3) is 0 Å². The van der Waals surface area contributed by atoms with Crippen LogP contribution >= 0.6 is 11.8 Å². The number of nitrogens with zero attached hydrogens (tertiary/aromatic N) is 1. The van der Waals surface area contributed by atoms with Crippen LogP contribution in [-0.4, -0.2) is 39.4 Å². The maximum atomic E-state index is 12.0. The molecule has 5 heteroatoms. The van der Waals surface area contributed by atoms with Crippen LogP contribution in [0.15, 0.2) is 0 Å². The van der Waals surface area contributed by atoms with Gasteiger partial charge in [0.1, 0.15) is 6.04 Å². The molecule has 0 radical (unpaired) electrons. The average Bonchev–Trinajstić information content (AvgIpc) is 2.64. The van der Waals surface area contributed by atoms with Gasteiger partial charge in [0, 0.05) is 18.2 Å². The van der Waals surface area contributed by atoms with E-state index >= 15 is 0 Å². The molecule has 2 amide bonds. The molecular weight excluding hydrogens is 224 g/mol. The zero-order chi connectivity index (χ0) is 11.9. The molecule has 2 saturated heterocycles. The number of thioether (sulfide) groups is 1. The number of carbonyl (C=O) groups excluding carboxylic acids is 2. The highest BCUT2D eigenvalue weighted by molar-refractivity contribution is 8.01. The molecule has 2 fully saturated rings. The van der Waals surface area contributed by atoms with Crippen LogP contribution in [0, 0.1) is 0 Å². The summed E-state index contributed by atoms with van der Waals surface area (Å²) in [5.41, 5.74) is 0. The Morgan fingerprint density at radius 2 is 2.31 bits per heavy atom. The summed E-state index contributed by atoms with van der Waals surface area (Å²) >= 11 is 1.73. The summed E-state index contributed by atoms with van der Waals surface area (Å²) in [4.78, 5) is 25.4. The molecule has 0 bridgehead atoms. The lowest BCUT2D eigenvalue weighted by Gasteiger charge is -2.30. The van der Waals surface area contributed by atoms with E-state index in [0.29, 0.717) is 6.42 Å². The molecule has 2 aliphatic heterocycles. The van der Waals surface area contributed by atoms with Crippen molar-refractivity contribution in [2.45, 2.75) is 50.6 Å². The first-order chi connectivity index (χ1) is 7.44. The minimum atomic E-state index is -0.271. The molecule has 90 valence electrons. The van der Waals surface area contributed by atoms with Gasteiger partial charge >= 0.3 is 0 Å². The highest BCUT2D eigenvalue weighted by atomic mass is 32.2. The number of nitrogens with one attached hydrogen (secondary N) is 1. The Balaban J connectivity index is 2.13. The zero-order valence-corrected chi connectivity index (χ0v) is 10.8. The van der Waals surface area contributed by atoms with Crippen LogP contribution in [0.5, 0.6) is 0 Å². The molecule has 2 rings (SSSR count). The van der Waals surface area contributed by atoms with E-state index in [1.807, 2.05) is 13.8 Å². The fourth-order valence-corrected chi connectivity index (χ4v) is 3.83. The minimum absolute atomic E-state index is 0.0125. The molecule has 0 unspecified atom stereocenters. The maximum absolute atomic E-state index is 12.0. The van der Waals surface area contributed by atoms with Gasteiger partial charge in [0.2, 0.25) is 11.8 Å². The Kier molecular flexibility index (Phi) is 2.90.